The molecule has 2 aromatic heterocycles. The Balaban J connectivity index is 2.19. The summed E-state index contributed by atoms with van der Waals surface area (Å²) in [5, 5.41) is 7.31. The zero-order valence-corrected chi connectivity index (χ0v) is 13.7. The van der Waals surface area contributed by atoms with Crippen LogP contribution in [0.25, 0.3) is 0 Å². The maximum atomic E-state index is 12.6. The normalized spacial score (nSPS) is 12.7. The lowest BCUT2D eigenvalue weighted by molar-refractivity contribution is 0.0926. The molecule has 1 N–H and O–H groups in total. The van der Waals surface area contributed by atoms with E-state index in [1.165, 1.54) is 23.1 Å². The van der Waals surface area contributed by atoms with Crippen molar-refractivity contribution in [3.8, 4) is 0 Å². The van der Waals surface area contributed by atoms with Crippen LogP contribution in [0.5, 0.6) is 0 Å². The van der Waals surface area contributed by atoms with Crippen molar-refractivity contribution < 1.29 is 13.6 Å². The van der Waals surface area contributed by atoms with Gasteiger partial charge in [0.2, 0.25) is 0 Å². The number of aryl methyl sites for hydroxylation is 3. The van der Waals surface area contributed by atoms with Crippen LogP contribution in [0, 0.1) is 13.8 Å². The highest BCUT2D eigenvalue weighted by Gasteiger charge is 2.22. The van der Waals surface area contributed by atoms with E-state index in [2.05, 4.69) is 15.4 Å². The van der Waals surface area contributed by atoms with Gasteiger partial charge in [0.25, 0.3) is 12.3 Å². The number of hydrogen-bond donors (Lipinski definition) is 1. The Morgan fingerprint density at radius 2 is 2.14 bits per heavy atom. The fourth-order valence-electron chi connectivity index (χ4n) is 2.03. The molecular weight excluding hydrogens is 310 g/mol. The maximum absolute atomic E-state index is 12.6. The van der Waals surface area contributed by atoms with Crippen molar-refractivity contribution in [2.75, 3.05) is 0 Å². The molecule has 0 aromatic carbocycles. The number of carbonyl (C=O) groups excluding carboxylic acids is 1. The summed E-state index contributed by atoms with van der Waals surface area (Å²) in [6, 6.07) is 0.875. The van der Waals surface area contributed by atoms with Gasteiger partial charge in [-0.1, -0.05) is 6.92 Å². The monoisotopic (exact) mass is 328 g/mol. The van der Waals surface area contributed by atoms with Gasteiger partial charge in [-0.3, -0.25) is 9.48 Å². The fourth-order valence-corrected chi connectivity index (χ4v) is 3.08. The topological polar surface area (TPSA) is 59.8 Å². The first-order valence-electron chi connectivity index (χ1n) is 6.90. The first-order valence-corrected chi connectivity index (χ1v) is 7.72. The molecule has 0 aliphatic rings. The van der Waals surface area contributed by atoms with Gasteiger partial charge >= 0.3 is 0 Å². The van der Waals surface area contributed by atoms with Gasteiger partial charge in [-0.15, -0.1) is 11.3 Å². The molecule has 1 unspecified atom stereocenters. The Morgan fingerprint density at radius 3 is 2.59 bits per heavy atom. The summed E-state index contributed by atoms with van der Waals surface area (Å²) in [6.45, 7) is 5.83. The number of alkyl halides is 2. The van der Waals surface area contributed by atoms with Crippen molar-refractivity contribution in [1.29, 1.82) is 0 Å². The summed E-state index contributed by atoms with van der Waals surface area (Å²) < 4.78 is 26.5. The average molecular weight is 328 g/mol. The lowest BCUT2D eigenvalue weighted by Gasteiger charge is -2.14. The van der Waals surface area contributed by atoms with Crippen LogP contribution in [0.15, 0.2) is 6.07 Å². The maximum Gasteiger partial charge on any atom is 0.282 e. The summed E-state index contributed by atoms with van der Waals surface area (Å²) >= 11 is 1.53. The van der Waals surface area contributed by atoms with Crippen molar-refractivity contribution in [3.63, 3.8) is 0 Å². The Kier molecular flexibility index (Phi) is 4.90. The van der Waals surface area contributed by atoms with Crippen molar-refractivity contribution in [3.05, 3.63) is 33.0 Å². The van der Waals surface area contributed by atoms with Gasteiger partial charge in [0.05, 0.1) is 11.7 Å². The predicted molar refractivity (Wildman–Crippen MR) is 80.3 cm³/mol. The van der Waals surface area contributed by atoms with E-state index in [0.29, 0.717) is 6.42 Å². The van der Waals surface area contributed by atoms with Crippen LogP contribution in [-0.2, 0) is 7.05 Å². The molecule has 0 spiro atoms. The number of nitrogens with one attached hydrogen (secondary N) is 1. The minimum absolute atomic E-state index is 0.110. The van der Waals surface area contributed by atoms with E-state index < -0.39 is 18.0 Å². The van der Waals surface area contributed by atoms with Gasteiger partial charge in [0.1, 0.15) is 16.4 Å². The van der Waals surface area contributed by atoms with E-state index in [0.717, 1.165) is 21.6 Å². The second-order valence-corrected chi connectivity index (χ2v) is 6.24. The zero-order valence-electron chi connectivity index (χ0n) is 12.9. The Hall–Kier alpha value is -1.83. The molecule has 8 heteroatoms. The van der Waals surface area contributed by atoms with Crippen LogP contribution in [0.3, 0.4) is 0 Å². The van der Waals surface area contributed by atoms with Gasteiger partial charge in [0.15, 0.2) is 0 Å². The number of amides is 1. The van der Waals surface area contributed by atoms with Gasteiger partial charge in [-0.2, -0.15) is 5.10 Å². The molecule has 0 fully saturated rings. The number of aromatic nitrogens is 3. The zero-order chi connectivity index (χ0) is 16.4. The van der Waals surface area contributed by atoms with Crippen molar-refractivity contribution in [2.45, 2.75) is 39.7 Å². The van der Waals surface area contributed by atoms with Crippen LogP contribution in [-0.4, -0.2) is 20.7 Å². The number of hydrogen-bond acceptors (Lipinski definition) is 4. The minimum Gasteiger partial charge on any atom is -0.341 e. The molecule has 0 aliphatic heterocycles. The van der Waals surface area contributed by atoms with Gasteiger partial charge < -0.3 is 5.32 Å². The number of rotatable bonds is 5. The van der Waals surface area contributed by atoms with Crippen LogP contribution in [0.1, 0.15) is 57.6 Å². The third-order valence-corrected chi connectivity index (χ3v) is 4.60. The van der Waals surface area contributed by atoms with E-state index in [1.54, 1.807) is 0 Å². The van der Waals surface area contributed by atoms with Crippen LogP contribution in [0.2, 0.25) is 0 Å². The molecule has 2 rings (SSSR count). The Bertz CT molecular complexity index is 661. The van der Waals surface area contributed by atoms with Crippen molar-refractivity contribution >= 4 is 17.2 Å². The average Bonchev–Trinajstić information content (AvgIpc) is 3.00. The van der Waals surface area contributed by atoms with E-state index in [-0.39, 0.29) is 11.7 Å². The van der Waals surface area contributed by atoms with Gasteiger partial charge in [0, 0.05) is 11.9 Å². The molecule has 1 atom stereocenters. The van der Waals surface area contributed by atoms with E-state index in [1.807, 2.05) is 20.8 Å². The highest BCUT2D eigenvalue weighted by atomic mass is 32.1. The molecule has 0 aliphatic carbocycles. The summed E-state index contributed by atoms with van der Waals surface area (Å²) in [6.07, 6.45) is -2.03. The van der Waals surface area contributed by atoms with Crippen molar-refractivity contribution in [1.82, 2.24) is 20.1 Å². The number of carbonyl (C=O) groups is 1. The molecule has 120 valence electrons. The first kappa shape index (κ1) is 16.5. The largest absolute Gasteiger partial charge is 0.341 e. The highest BCUT2D eigenvalue weighted by Crippen LogP contribution is 2.25. The van der Waals surface area contributed by atoms with Gasteiger partial charge in [-0.05, 0) is 26.3 Å². The van der Waals surface area contributed by atoms with Crippen LogP contribution in [0.4, 0.5) is 8.78 Å². The minimum atomic E-state index is -2.70. The Labute approximate surface area is 131 Å². The second kappa shape index (κ2) is 6.51. The highest BCUT2D eigenvalue weighted by molar-refractivity contribution is 7.11. The summed E-state index contributed by atoms with van der Waals surface area (Å²) in [5.74, 6) is -0.431. The molecule has 2 heterocycles. The number of halogens is 2. The molecule has 0 radical (unpaired) electrons. The number of nitrogens with zero attached hydrogens (tertiary/aromatic N) is 3. The lowest BCUT2D eigenvalue weighted by atomic mass is 10.2. The second-order valence-electron chi connectivity index (χ2n) is 5.01. The molecule has 22 heavy (non-hydrogen) atoms. The predicted octanol–water partition coefficient (Wildman–Crippen LogP) is 3.31. The molecule has 1 amide bonds. The standard InChI is InChI=1S/C14H18F2N4OS/c1-5-9(14-17-7(2)8(3)22-14)18-13(21)11-6-10(12(15)16)19-20(11)4/h6,9,12H,5H2,1-4H3,(H,18,21). The fraction of sp³-hybridized carbons (Fsp3) is 0.500. The quantitative estimate of drug-likeness (QED) is 0.916. The van der Waals surface area contributed by atoms with Crippen LogP contribution < -0.4 is 5.32 Å². The lowest BCUT2D eigenvalue weighted by Crippen LogP contribution is -2.29. The van der Waals surface area contributed by atoms with Gasteiger partial charge in [-0.25, -0.2) is 13.8 Å². The molecule has 0 bridgehead atoms. The summed E-state index contributed by atoms with van der Waals surface area (Å²) in [4.78, 5) is 17.8. The van der Waals surface area contributed by atoms with Crippen LogP contribution >= 0.6 is 11.3 Å². The van der Waals surface area contributed by atoms with Crippen molar-refractivity contribution in [2.24, 2.45) is 7.05 Å². The van der Waals surface area contributed by atoms with E-state index in [4.69, 9.17) is 0 Å². The molecule has 0 saturated heterocycles. The molecule has 0 saturated carbocycles. The number of thiazole rings is 1. The smallest absolute Gasteiger partial charge is 0.282 e. The SMILES string of the molecule is CCC(NC(=O)c1cc(C(F)F)nn1C)c1nc(C)c(C)s1. The van der Waals surface area contributed by atoms with E-state index in [9.17, 15) is 13.6 Å². The Morgan fingerprint density at radius 1 is 1.45 bits per heavy atom. The summed E-state index contributed by atoms with van der Waals surface area (Å²) in [7, 11) is 1.47. The summed E-state index contributed by atoms with van der Waals surface area (Å²) in [5.41, 5.74) is 0.647. The molecular formula is C14H18F2N4OS. The third-order valence-electron chi connectivity index (χ3n) is 3.41. The molecule has 5 nitrogen and oxygen atoms in total. The van der Waals surface area contributed by atoms with E-state index >= 15 is 0 Å². The first-order chi connectivity index (χ1) is 10.3. The molecule has 2 aromatic rings. The third kappa shape index (κ3) is 3.32.